The Balaban J connectivity index is 1.72. The van der Waals surface area contributed by atoms with Gasteiger partial charge in [0, 0.05) is 12.1 Å². The zero-order chi connectivity index (χ0) is 14.1. The molecule has 0 radical (unpaired) electrons. The smallest absolute Gasteiger partial charge is 0.119 e. The van der Waals surface area contributed by atoms with Gasteiger partial charge >= 0.3 is 0 Å². The van der Waals surface area contributed by atoms with E-state index in [4.69, 9.17) is 4.74 Å². The van der Waals surface area contributed by atoms with Crippen LogP contribution in [0.15, 0.2) is 18.2 Å². The van der Waals surface area contributed by atoms with Crippen molar-refractivity contribution in [3.05, 3.63) is 29.3 Å². The minimum Gasteiger partial charge on any atom is -0.497 e. The number of benzene rings is 1. The number of nitrogens with one attached hydrogen (secondary N) is 1. The zero-order valence-corrected chi connectivity index (χ0v) is 13.0. The summed E-state index contributed by atoms with van der Waals surface area (Å²) in [7, 11) is 1.75. The molecule has 0 aliphatic heterocycles. The Morgan fingerprint density at radius 3 is 2.80 bits per heavy atom. The van der Waals surface area contributed by atoms with Gasteiger partial charge in [-0.15, -0.1) is 0 Å². The van der Waals surface area contributed by atoms with Crippen molar-refractivity contribution in [2.75, 3.05) is 7.11 Å². The first kappa shape index (κ1) is 13.9. The number of fused-ring (bicyclic) bond motifs is 1. The Kier molecular flexibility index (Phi) is 4.02. The number of aryl methyl sites for hydroxylation is 1. The molecule has 1 saturated carbocycles. The molecule has 4 atom stereocenters. The van der Waals surface area contributed by atoms with Crippen LogP contribution in [0.1, 0.15) is 56.7 Å². The lowest BCUT2D eigenvalue weighted by atomic mass is 9.93. The van der Waals surface area contributed by atoms with Gasteiger partial charge in [-0.3, -0.25) is 0 Å². The Morgan fingerprint density at radius 1 is 1.25 bits per heavy atom. The van der Waals surface area contributed by atoms with Crippen LogP contribution in [0.2, 0.25) is 0 Å². The Hall–Kier alpha value is -1.02. The van der Waals surface area contributed by atoms with Crippen LogP contribution in [0.4, 0.5) is 0 Å². The van der Waals surface area contributed by atoms with Crippen molar-refractivity contribution in [2.45, 2.75) is 58.0 Å². The first-order valence-electron chi connectivity index (χ1n) is 8.15. The summed E-state index contributed by atoms with van der Waals surface area (Å²) in [5.41, 5.74) is 2.97. The average molecular weight is 273 g/mol. The van der Waals surface area contributed by atoms with E-state index in [0.717, 1.165) is 17.6 Å². The predicted octanol–water partition coefficient (Wildman–Crippen LogP) is 4.10. The van der Waals surface area contributed by atoms with Crippen molar-refractivity contribution in [3.8, 4) is 5.75 Å². The molecule has 2 aliphatic rings. The zero-order valence-electron chi connectivity index (χ0n) is 13.0. The molecule has 1 aromatic rings. The SMILES string of the molecule is CCC1CCC(NC2CCc3ccc(OC)cc32)C1C. The van der Waals surface area contributed by atoms with Gasteiger partial charge in [0.25, 0.3) is 0 Å². The standard InChI is InChI=1S/C18H27NO/c1-4-13-6-9-17(12(13)2)19-18-10-7-14-5-8-15(20-3)11-16(14)18/h5,8,11-13,17-19H,4,6-7,9-10H2,1-3H3. The molecule has 1 fully saturated rings. The molecule has 2 heteroatoms. The fourth-order valence-electron chi connectivity index (χ4n) is 4.20. The first-order chi connectivity index (χ1) is 9.72. The van der Waals surface area contributed by atoms with Gasteiger partial charge in [0.05, 0.1) is 7.11 Å². The predicted molar refractivity (Wildman–Crippen MR) is 83.2 cm³/mol. The van der Waals surface area contributed by atoms with Crippen molar-refractivity contribution in [1.29, 1.82) is 0 Å². The second-order valence-corrected chi connectivity index (χ2v) is 6.53. The fraction of sp³-hybridized carbons (Fsp3) is 0.667. The number of ether oxygens (including phenoxy) is 1. The second kappa shape index (κ2) is 5.77. The topological polar surface area (TPSA) is 21.3 Å². The molecule has 1 aromatic carbocycles. The van der Waals surface area contributed by atoms with Crippen LogP contribution in [0, 0.1) is 11.8 Å². The third-order valence-corrected chi connectivity index (χ3v) is 5.60. The van der Waals surface area contributed by atoms with Gasteiger partial charge in [0.15, 0.2) is 0 Å². The highest BCUT2D eigenvalue weighted by atomic mass is 16.5. The summed E-state index contributed by atoms with van der Waals surface area (Å²) in [6.07, 6.45) is 6.51. The minimum absolute atomic E-state index is 0.531. The van der Waals surface area contributed by atoms with E-state index in [2.05, 4.69) is 37.4 Å². The van der Waals surface area contributed by atoms with Gasteiger partial charge in [0.2, 0.25) is 0 Å². The summed E-state index contributed by atoms with van der Waals surface area (Å²) in [4.78, 5) is 0. The Bertz CT molecular complexity index is 470. The van der Waals surface area contributed by atoms with Crippen LogP contribution in [-0.4, -0.2) is 13.2 Å². The second-order valence-electron chi connectivity index (χ2n) is 6.53. The molecule has 4 unspecified atom stereocenters. The van der Waals surface area contributed by atoms with E-state index >= 15 is 0 Å². The summed E-state index contributed by atoms with van der Waals surface area (Å²) < 4.78 is 5.39. The van der Waals surface area contributed by atoms with Gasteiger partial charge in [-0.2, -0.15) is 0 Å². The van der Waals surface area contributed by atoms with Crippen LogP contribution in [0.5, 0.6) is 5.75 Å². The Morgan fingerprint density at radius 2 is 2.10 bits per heavy atom. The average Bonchev–Trinajstić information content (AvgIpc) is 3.03. The molecule has 0 bridgehead atoms. The van der Waals surface area contributed by atoms with E-state index in [1.165, 1.54) is 43.2 Å². The van der Waals surface area contributed by atoms with Crippen LogP contribution in [0.25, 0.3) is 0 Å². The number of methoxy groups -OCH3 is 1. The molecule has 0 heterocycles. The van der Waals surface area contributed by atoms with Crippen LogP contribution in [0.3, 0.4) is 0 Å². The third-order valence-electron chi connectivity index (χ3n) is 5.60. The third kappa shape index (κ3) is 2.46. The van der Waals surface area contributed by atoms with E-state index < -0.39 is 0 Å². The molecule has 2 nitrogen and oxygen atoms in total. The van der Waals surface area contributed by atoms with Crippen molar-refractivity contribution in [1.82, 2.24) is 5.32 Å². The van der Waals surface area contributed by atoms with Gasteiger partial charge in [0.1, 0.15) is 5.75 Å². The summed E-state index contributed by atoms with van der Waals surface area (Å²) >= 11 is 0. The van der Waals surface area contributed by atoms with Crippen molar-refractivity contribution in [2.24, 2.45) is 11.8 Å². The quantitative estimate of drug-likeness (QED) is 0.892. The molecular formula is C18H27NO. The largest absolute Gasteiger partial charge is 0.497 e. The van der Waals surface area contributed by atoms with E-state index in [9.17, 15) is 0 Å². The molecule has 0 aromatic heterocycles. The van der Waals surface area contributed by atoms with Gasteiger partial charge in [-0.1, -0.05) is 26.3 Å². The molecule has 110 valence electrons. The lowest BCUT2D eigenvalue weighted by Gasteiger charge is -2.25. The summed E-state index contributed by atoms with van der Waals surface area (Å²) in [5, 5.41) is 3.94. The number of rotatable bonds is 4. The monoisotopic (exact) mass is 273 g/mol. The molecule has 0 amide bonds. The van der Waals surface area contributed by atoms with Crippen LogP contribution < -0.4 is 10.1 Å². The molecule has 3 rings (SSSR count). The maximum absolute atomic E-state index is 5.39. The maximum atomic E-state index is 5.39. The summed E-state index contributed by atoms with van der Waals surface area (Å²) in [5.74, 6) is 2.72. The lowest BCUT2D eigenvalue weighted by molar-refractivity contribution is 0.320. The molecule has 1 N–H and O–H groups in total. The lowest BCUT2D eigenvalue weighted by Crippen LogP contribution is -2.35. The molecule has 0 saturated heterocycles. The summed E-state index contributed by atoms with van der Waals surface area (Å²) in [6, 6.07) is 7.79. The highest BCUT2D eigenvalue weighted by Gasteiger charge is 2.34. The fourth-order valence-corrected chi connectivity index (χ4v) is 4.20. The van der Waals surface area contributed by atoms with Crippen molar-refractivity contribution < 1.29 is 4.74 Å². The highest BCUT2D eigenvalue weighted by Crippen LogP contribution is 2.39. The van der Waals surface area contributed by atoms with E-state index in [0.29, 0.717) is 12.1 Å². The highest BCUT2D eigenvalue weighted by molar-refractivity contribution is 5.40. The number of hydrogen-bond acceptors (Lipinski definition) is 2. The Labute approximate surface area is 122 Å². The minimum atomic E-state index is 0.531. The first-order valence-corrected chi connectivity index (χ1v) is 8.15. The normalized spacial score (nSPS) is 32.4. The van der Waals surface area contributed by atoms with Crippen LogP contribution in [-0.2, 0) is 6.42 Å². The van der Waals surface area contributed by atoms with E-state index in [1.54, 1.807) is 7.11 Å². The molecule has 2 aliphatic carbocycles. The van der Waals surface area contributed by atoms with Gasteiger partial charge < -0.3 is 10.1 Å². The van der Waals surface area contributed by atoms with E-state index in [-0.39, 0.29) is 0 Å². The van der Waals surface area contributed by atoms with Crippen molar-refractivity contribution >= 4 is 0 Å². The molecular weight excluding hydrogens is 246 g/mol. The summed E-state index contributed by atoms with van der Waals surface area (Å²) in [6.45, 7) is 4.76. The molecule has 0 spiro atoms. The van der Waals surface area contributed by atoms with E-state index in [1.807, 2.05) is 0 Å². The molecule has 20 heavy (non-hydrogen) atoms. The van der Waals surface area contributed by atoms with Crippen molar-refractivity contribution in [3.63, 3.8) is 0 Å². The maximum Gasteiger partial charge on any atom is 0.119 e. The van der Waals surface area contributed by atoms with Gasteiger partial charge in [-0.05, 0) is 60.8 Å². The van der Waals surface area contributed by atoms with Crippen LogP contribution >= 0.6 is 0 Å². The number of hydrogen-bond donors (Lipinski definition) is 1. The van der Waals surface area contributed by atoms with Gasteiger partial charge in [-0.25, -0.2) is 0 Å².